The normalized spacial score (nSPS) is 8.28. The van der Waals surface area contributed by atoms with E-state index in [4.69, 9.17) is 4.74 Å². The lowest BCUT2D eigenvalue weighted by Crippen LogP contribution is -1.83. The van der Waals surface area contributed by atoms with E-state index in [0.29, 0.717) is 5.75 Å². The Balaban J connectivity index is 0.000000659. The van der Waals surface area contributed by atoms with E-state index in [1.54, 1.807) is 12.1 Å². The molecule has 0 bridgehead atoms. The minimum Gasteiger partial charge on any atom is -0.457 e. The molecule has 0 radical (unpaired) electrons. The maximum atomic E-state index is 12.6. The molecule has 0 unspecified atom stereocenters. The third kappa shape index (κ3) is 6.04. The summed E-state index contributed by atoms with van der Waals surface area (Å²) in [5.41, 5.74) is 0. The van der Waals surface area contributed by atoms with Gasteiger partial charge in [0.2, 0.25) is 0 Å². The highest BCUT2D eigenvalue weighted by molar-refractivity contribution is 5.30. The molecular weight excluding hydrogens is 227 g/mol. The van der Waals surface area contributed by atoms with Crippen LogP contribution in [0.25, 0.3) is 0 Å². The van der Waals surface area contributed by atoms with Crippen molar-refractivity contribution in [3.05, 3.63) is 60.4 Å². The number of hydrogen-bond donors (Lipinski definition) is 0. The molecule has 2 heteroatoms. The maximum Gasteiger partial charge on any atom is 0.127 e. The van der Waals surface area contributed by atoms with Gasteiger partial charge in [-0.1, -0.05) is 45.9 Å². The smallest absolute Gasteiger partial charge is 0.127 e. The van der Waals surface area contributed by atoms with Crippen LogP contribution in [0.3, 0.4) is 0 Å². The number of halogens is 1. The van der Waals surface area contributed by atoms with Crippen molar-refractivity contribution in [3.63, 3.8) is 0 Å². The summed E-state index contributed by atoms with van der Waals surface area (Å²) >= 11 is 0. The van der Waals surface area contributed by atoms with Crippen LogP contribution in [0.15, 0.2) is 54.6 Å². The summed E-state index contributed by atoms with van der Waals surface area (Å²) in [4.78, 5) is 0. The van der Waals surface area contributed by atoms with E-state index >= 15 is 0 Å². The van der Waals surface area contributed by atoms with Gasteiger partial charge in [-0.3, -0.25) is 0 Å². The van der Waals surface area contributed by atoms with Crippen LogP contribution in [-0.2, 0) is 0 Å². The average Bonchev–Trinajstić information content (AvgIpc) is 2.47. The second-order valence-electron chi connectivity index (χ2n) is 2.87. The van der Waals surface area contributed by atoms with E-state index in [9.17, 15) is 4.39 Å². The zero-order chi connectivity index (χ0) is 13.8. The highest BCUT2D eigenvalue weighted by atomic mass is 19.1. The van der Waals surface area contributed by atoms with Crippen LogP contribution in [0.4, 0.5) is 4.39 Å². The first kappa shape index (κ1) is 16.2. The molecule has 0 heterocycles. The standard InChI is InChI=1S/C12H9FO.2C2H6/c13-10-6-8-12(9-7-10)14-11-4-2-1-3-5-11;2*1-2/h1-9H;2*1-2H3. The van der Waals surface area contributed by atoms with Gasteiger partial charge in [0.05, 0.1) is 0 Å². The molecule has 0 aliphatic carbocycles. The number of hydrogen-bond acceptors (Lipinski definition) is 1. The molecule has 0 aromatic heterocycles. The van der Waals surface area contributed by atoms with E-state index in [1.807, 2.05) is 58.0 Å². The minimum absolute atomic E-state index is 0.259. The van der Waals surface area contributed by atoms with Gasteiger partial charge in [-0.15, -0.1) is 0 Å². The Kier molecular flexibility index (Phi) is 9.28. The highest BCUT2D eigenvalue weighted by Crippen LogP contribution is 2.20. The zero-order valence-corrected chi connectivity index (χ0v) is 11.5. The Bertz CT molecular complexity index is 395. The Morgan fingerprint density at radius 1 is 0.667 bits per heavy atom. The third-order valence-electron chi connectivity index (χ3n) is 1.79. The van der Waals surface area contributed by atoms with Crippen LogP contribution < -0.4 is 4.74 Å². The fourth-order valence-corrected chi connectivity index (χ4v) is 1.13. The van der Waals surface area contributed by atoms with Crippen molar-refractivity contribution >= 4 is 0 Å². The van der Waals surface area contributed by atoms with Crippen molar-refractivity contribution < 1.29 is 9.13 Å². The van der Waals surface area contributed by atoms with Gasteiger partial charge >= 0.3 is 0 Å². The molecule has 0 amide bonds. The minimum atomic E-state index is -0.259. The molecule has 2 aromatic rings. The lowest BCUT2D eigenvalue weighted by atomic mass is 10.3. The van der Waals surface area contributed by atoms with Crippen molar-refractivity contribution in [1.29, 1.82) is 0 Å². The first-order valence-corrected chi connectivity index (χ1v) is 6.33. The fraction of sp³-hybridized carbons (Fsp3) is 0.250. The monoisotopic (exact) mass is 248 g/mol. The Labute approximate surface area is 109 Å². The molecule has 0 saturated heterocycles. The molecule has 0 atom stereocenters. The lowest BCUT2D eigenvalue weighted by Gasteiger charge is -2.04. The van der Waals surface area contributed by atoms with E-state index < -0.39 is 0 Å². The molecular formula is C16H21FO. The molecule has 18 heavy (non-hydrogen) atoms. The van der Waals surface area contributed by atoms with Gasteiger partial charge < -0.3 is 4.74 Å². The van der Waals surface area contributed by atoms with Gasteiger partial charge in [0.15, 0.2) is 0 Å². The Hall–Kier alpha value is -1.83. The average molecular weight is 248 g/mol. The quantitative estimate of drug-likeness (QED) is 0.665. The zero-order valence-electron chi connectivity index (χ0n) is 11.5. The third-order valence-corrected chi connectivity index (χ3v) is 1.79. The summed E-state index contributed by atoms with van der Waals surface area (Å²) in [6.07, 6.45) is 0. The van der Waals surface area contributed by atoms with Crippen molar-refractivity contribution in [2.45, 2.75) is 27.7 Å². The van der Waals surface area contributed by atoms with Gasteiger partial charge in [0.25, 0.3) is 0 Å². The molecule has 0 spiro atoms. The first-order valence-electron chi connectivity index (χ1n) is 6.33. The van der Waals surface area contributed by atoms with Crippen molar-refractivity contribution in [1.82, 2.24) is 0 Å². The Morgan fingerprint density at radius 2 is 1.11 bits per heavy atom. The SMILES string of the molecule is CC.CC.Fc1ccc(Oc2ccccc2)cc1. The number of rotatable bonds is 2. The van der Waals surface area contributed by atoms with Gasteiger partial charge in [0, 0.05) is 0 Å². The van der Waals surface area contributed by atoms with Crippen LogP contribution >= 0.6 is 0 Å². The molecule has 0 N–H and O–H groups in total. The molecule has 2 rings (SSSR count). The summed E-state index contributed by atoms with van der Waals surface area (Å²) in [5, 5.41) is 0. The summed E-state index contributed by atoms with van der Waals surface area (Å²) in [7, 11) is 0. The van der Waals surface area contributed by atoms with Crippen molar-refractivity contribution in [3.8, 4) is 11.5 Å². The summed E-state index contributed by atoms with van der Waals surface area (Å²) < 4.78 is 18.0. The van der Waals surface area contributed by atoms with Crippen LogP contribution in [0.1, 0.15) is 27.7 Å². The summed E-state index contributed by atoms with van der Waals surface area (Å²) in [6, 6.07) is 15.3. The van der Waals surface area contributed by atoms with Gasteiger partial charge in [-0.25, -0.2) is 4.39 Å². The van der Waals surface area contributed by atoms with E-state index in [2.05, 4.69) is 0 Å². The first-order chi connectivity index (χ1) is 8.84. The predicted molar refractivity (Wildman–Crippen MR) is 75.6 cm³/mol. The topological polar surface area (TPSA) is 9.23 Å². The fourth-order valence-electron chi connectivity index (χ4n) is 1.13. The number of benzene rings is 2. The molecule has 0 aliphatic heterocycles. The number of para-hydroxylation sites is 1. The molecule has 0 fully saturated rings. The van der Waals surface area contributed by atoms with E-state index in [-0.39, 0.29) is 5.82 Å². The maximum absolute atomic E-state index is 12.6. The summed E-state index contributed by atoms with van der Waals surface area (Å²) in [6.45, 7) is 8.00. The lowest BCUT2D eigenvalue weighted by molar-refractivity contribution is 0.480. The summed E-state index contributed by atoms with van der Waals surface area (Å²) in [5.74, 6) is 1.13. The predicted octanol–water partition coefficient (Wildman–Crippen LogP) is 5.67. The Morgan fingerprint density at radius 3 is 1.61 bits per heavy atom. The van der Waals surface area contributed by atoms with Crippen molar-refractivity contribution in [2.24, 2.45) is 0 Å². The molecule has 0 saturated carbocycles. The van der Waals surface area contributed by atoms with Crippen LogP contribution in [0.5, 0.6) is 11.5 Å². The van der Waals surface area contributed by atoms with Gasteiger partial charge in [-0.2, -0.15) is 0 Å². The number of ether oxygens (including phenoxy) is 1. The molecule has 0 aliphatic rings. The van der Waals surface area contributed by atoms with E-state index in [0.717, 1.165) is 5.75 Å². The van der Waals surface area contributed by atoms with Crippen LogP contribution in [0, 0.1) is 5.82 Å². The second kappa shape index (κ2) is 10.3. The van der Waals surface area contributed by atoms with Crippen molar-refractivity contribution in [2.75, 3.05) is 0 Å². The van der Waals surface area contributed by atoms with Crippen LogP contribution in [-0.4, -0.2) is 0 Å². The second-order valence-corrected chi connectivity index (χ2v) is 2.87. The largest absolute Gasteiger partial charge is 0.457 e. The van der Waals surface area contributed by atoms with E-state index in [1.165, 1.54) is 12.1 Å². The highest BCUT2D eigenvalue weighted by Gasteiger charge is 1.95. The molecule has 1 nitrogen and oxygen atoms in total. The van der Waals surface area contributed by atoms with Gasteiger partial charge in [-0.05, 0) is 36.4 Å². The molecule has 98 valence electrons. The van der Waals surface area contributed by atoms with Crippen LogP contribution in [0.2, 0.25) is 0 Å². The van der Waals surface area contributed by atoms with Gasteiger partial charge in [0.1, 0.15) is 17.3 Å². The molecule has 2 aromatic carbocycles.